The van der Waals surface area contributed by atoms with Crippen molar-refractivity contribution < 1.29 is 14.7 Å². The van der Waals surface area contributed by atoms with Gasteiger partial charge in [0.1, 0.15) is 0 Å². The highest BCUT2D eigenvalue weighted by atomic mass is 35.5. The molecule has 0 saturated carbocycles. The molecule has 0 atom stereocenters. The number of aryl methyl sites for hydroxylation is 1. The van der Waals surface area contributed by atoms with Crippen molar-refractivity contribution in [1.82, 2.24) is 4.90 Å². The van der Waals surface area contributed by atoms with Crippen molar-refractivity contribution in [3.8, 4) is 0 Å². The van der Waals surface area contributed by atoms with Crippen molar-refractivity contribution in [2.24, 2.45) is 0 Å². The number of carbonyl (C=O) groups excluding carboxylic acids is 1. The highest BCUT2D eigenvalue weighted by Crippen LogP contribution is 2.24. The Kier molecular flexibility index (Phi) is 5.30. The molecule has 0 aliphatic carbocycles. The molecule has 0 bridgehead atoms. The van der Waals surface area contributed by atoms with Crippen LogP contribution in [0.2, 0.25) is 10.0 Å². The van der Waals surface area contributed by atoms with E-state index in [0.29, 0.717) is 36.0 Å². The summed E-state index contributed by atoms with van der Waals surface area (Å²) in [5.41, 5.74) is 3.16. The van der Waals surface area contributed by atoms with E-state index in [1.165, 1.54) is 0 Å². The number of hydrogen-bond acceptors (Lipinski definition) is 2. The van der Waals surface area contributed by atoms with Crippen molar-refractivity contribution in [3.63, 3.8) is 0 Å². The molecule has 1 heterocycles. The highest BCUT2D eigenvalue weighted by Gasteiger charge is 2.21. The van der Waals surface area contributed by atoms with Crippen LogP contribution in [0.5, 0.6) is 0 Å². The average molecular weight is 378 g/mol. The summed E-state index contributed by atoms with van der Waals surface area (Å²) in [6.07, 6.45) is 1.64. The minimum atomic E-state index is -0.955. The van der Waals surface area contributed by atoms with Gasteiger partial charge < -0.3 is 10.0 Å². The third kappa shape index (κ3) is 4.14. The first-order valence-electron chi connectivity index (χ1n) is 8.01. The zero-order valence-electron chi connectivity index (χ0n) is 13.5. The van der Waals surface area contributed by atoms with Gasteiger partial charge in [-0.2, -0.15) is 0 Å². The number of aromatic carboxylic acids is 1. The predicted molar refractivity (Wildman–Crippen MR) is 97.3 cm³/mol. The fraction of sp³-hybridized carbons (Fsp3) is 0.263. The van der Waals surface area contributed by atoms with Crippen LogP contribution < -0.4 is 0 Å². The van der Waals surface area contributed by atoms with E-state index in [4.69, 9.17) is 28.3 Å². The summed E-state index contributed by atoms with van der Waals surface area (Å²) in [7, 11) is 0. The van der Waals surface area contributed by atoms with Crippen molar-refractivity contribution >= 4 is 35.1 Å². The van der Waals surface area contributed by atoms with Crippen LogP contribution >= 0.6 is 23.2 Å². The van der Waals surface area contributed by atoms with Gasteiger partial charge in [-0.15, -0.1) is 0 Å². The molecule has 1 aliphatic rings. The van der Waals surface area contributed by atoms with E-state index in [2.05, 4.69) is 0 Å². The Morgan fingerprint density at radius 2 is 1.88 bits per heavy atom. The Morgan fingerprint density at radius 3 is 2.60 bits per heavy atom. The molecule has 2 aromatic rings. The van der Waals surface area contributed by atoms with E-state index in [1.807, 2.05) is 12.1 Å². The summed E-state index contributed by atoms with van der Waals surface area (Å²) in [5, 5.41) is 10.3. The van der Waals surface area contributed by atoms with Crippen molar-refractivity contribution in [3.05, 3.63) is 68.7 Å². The second-order valence-corrected chi connectivity index (χ2v) is 6.93. The molecule has 1 amide bonds. The number of hydrogen-bond donors (Lipinski definition) is 1. The van der Waals surface area contributed by atoms with E-state index in [1.54, 1.807) is 29.2 Å². The van der Waals surface area contributed by atoms with Crippen LogP contribution in [0.25, 0.3) is 0 Å². The standard InChI is InChI=1S/C19H17Cl2NO3/c20-16-5-3-13(17(21)10-16)4-6-18(23)22-8-7-12-1-2-14(19(24)25)9-15(12)11-22/h1-3,5,9-10H,4,6-8,11H2,(H,24,25). The number of carboxylic acids is 1. The summed E-state index contributed by atoms with van der Waals surface area (Å²) >= 11 is 12.0. The van der Waals surface area contributed by atoms with Gasteiger partial charge >= 0.3 is 5.97 Å². The van der Waals surface area contributed by atoms with Gasteiger partial charge in [0.15, 0.2) is 0 Å². The number of benzene rings is 2. The van der Waals surface area contributed by atoms with Crippen LogP contribution in [0, 0.1) is 0 Å². The summed E-state index contributed by atoms with van der Waals surface area (Å²) < 4.78 is 0. The summed E-state index contributed by atoms with van der Waals surface area (Å²) in [4.78, 5) is 25.4. The molecule has 0 radical (unpaired) electrons. The number of carboxylic acid groups (broad SMARTS) is 1. The Bertz CT molecular complexity index is 835. The number of nitrogens with zero attached hydrogens (tertiary/aromatic N) is 1. The second kappa shape index (κ2) is 7.46. The molecule has 0 spiro atoms. The second-order valence-electron chi connectivity index (χ2n) is 6.09. The maximum Gasteiger partial charge on any atom is 0.335 e. The normalized spacial score (nSPS) is 13.4. The van der Waals surface area contributed by atoms with Gasteiger partial charge in [-0.05, 0) is 53.8 Å². The van der Waals surface area contributed by atoms with Gasteiger partial charge in [-0.1, -0.05) is 35.3 Å². The minimum absolute atomic E-state index is 0.0393. The quantitative estimate of drug-likeness (QED) is 0.867. The molecule has 25 heavy (non-hydrogen) atoms. The van der Waals surface area contributed by atoms with Crippen LogP contribution in [0.3, 0.4) is 0 Å². The van der Waals surface area contributed by atoms with E-state index in [0.717, 1.165) is 23.1 Å². The lowest BCUT2D eigenvalue weighted by molar-refractivity contribution is -0.132. The van der Waals surface area contributed by atoms with Gasteiger partial charge in [-0.25, -0.2) is 4.79 Å². The molecule has 2 aromatic carbocycles. The van der Waals surface area contributed by atoms with E-state index >= 15 is 0 Å². The molecule has 0 aromatic heterocycles. The lowest BCUT2D eigenvalue weighted by Gasteiger charge is -2.29. The van der Waals surface area contributed by atoms with Crippen LogP contribution in [0.4, 0.5) is 0 Å². The van der Waals surface area contributed by atoms with E-state index < -0.39 is 5.97 Å². The topological polar surface area (TPSA) is 57.6 Å². The monoisotopic (exact) mass is 377 g/mol. The average Bonchev–Trinajstić information content (AvgIpc) is 2.59. The molecule has 1 aliphatic heterocycles. The first-order chi connectivity index (χ1) is 11.9. The first-order valence-corrected chi connectivity index (χ1v) is 8.76. The number of amides is 1. The van der Waals surface area contributed by atoms with Gasteiger partial charge in [0.25, 0.3) is 0 Å². The van der Waals surface area contributed by atoms with Crippen LogP contribution in [0.15, 0.2) is 36.4 Å². The fourth-order valence-corrected chi connectivity index (χ4v) is 3.53. The zero-order chi connectivity index (χ0) is 18.0. The summed E-state index contributed by atoms with van der Waals surface area (Å²) in [6, 6.07) is 10.4. The van der Waals surface area contributed by atoms with Crippen molar-refractivity contribution in [2.45, 2.75) is 25.8 Å². The summed E-state index contributed by atoms with van der Waals surface area (Å²) in [6.45, 7) is 1.09. The van der Waals surface area contributed by atoms with Crippen molar-refractivity contribution in [2.75, 3.05) is 6.54 Å². The van der Waals surface area contributed by atoms with E-state index in [9.17, 15) is 9.59 Å². The highest BCUT2D eigenvalue weighted by molar-refractivity contribution is 6.35. The third-order valence-corrected chi connectivity index (χ3v) is 5.03. The minimum Gasteiger partial charge on any atom is -0.478 e. The molecule has 4 nitrogen and oxygen atoms in total. The molecule has 3 rings (SSSR count). The first kappa shape index (κ1) is 17.8. The van der Waals surface area contributed by atoms with Crippen LogP contribution in [-0.4, -0.2) is 28.4 Å². The number of fused-ring (bicyclic) bond motifs is 1. The number of rotatable bonds is 4. The van der Waals surface area contributed by atoms with Gasteiger partial charge in [0, 0.05) is 29.6 Å². The molecule has 6 heteroatoms. The fourth-order valence-electron chi connectivity index (χ4n) is 3.03. The van der Waals surface area contributed by atoms with E-state index in [-0.39, 0.29) is 11.5 Å². The third-order valence-electron chi connectivity index (χ3n) is 4.44. The largest absolute Gasteiger partial charge is 0.478 e. The molecule has 0 fully saturated rings. The Morgan fingerprint density at radius 1 is 1.08 bits per heavy atom. The van der Waals surface area contributed by atoms with Gasteiger partial charge in [0.05, 0.1) is 5.56 Å². The molecule has 130 valence electrons. The predicted octanol–water partition coefficient (Wildman–Crippen LogP) is 4.21. The van der Waals surface area contributed by atoms with Crippen LogP contribution in [-0.2, 0) is 24.2 Å². The molecular weight excluding hydrogens is 361 g/mol. The lowest BCUT2D eigenvalue weighted by atomic mass is 9.97. The van der Waals surface area contributed by atoms with Crippen LogP contribution in [0.1, 0.15) is 33.5 Å². The zero-order valence-corrected chi connectivity index (χ0v) is 15.0. The Labute approximate surface area is 156 Å². The molecular formula is C19H17Cl2NO3. The Balaban J connectivity index is 1.65. The van der Waals surface area contributed by atoms with Crippen molar-refractivity contribution in [1.29, 1.82) is 0 Å². The number of carbonyl (C=O) groups is 2. The molecule has 0 unspecified atom stereocenters. The lowest BCUT2D eigenvalue weighted by Crippen LogP contribution is -2.36. The molecule has 0 saturated heterocycles. The SMILES string of the molecule is O=C(O)c1ccc2c(c1)CN(C(=O)CCc1ccc(Cl)cc1Cl)CC2. The maximum atomic E-state index is 12.5. The number of halogens is 2. The smallest absolute Gasteiger partial charge is 0.335 e. The molecule has 1 N–H and O–H groups in total. The summed E-state index contributed by atoms with van der Waals surface area (Å²) in [5.74, 6) is -0.916. The maximum absolute atomic E-state index is 12.5. The van der Waals surface area contributed by atoms with Gasteiger partial charge in [-0.3, -0.25) is 4.79 Å². The Hall–Kier alpha value is -2.04. The van der Waals surface area contributed by atoms with Gasteiger partial charge in [0.2, 0.25) is 5.91 Å².